The zero-order valence-electron chi connectivity index (χ0n) is 17.7. The summed E-state index contributed by atoms with van der Waals surface area (Å²) in [5.74, 6) is 0. The molecule has 0 N–H and O–H groups in total. The van der Waals surface area contributed by atoms with E-state index < -0.39 is 0 Å². The molecule has 1 aliphatic rings. The van der Waals surface area contributed by atoms with Crippen molar-refractivity contribution in [3.8, 4) is 16.8 Å². The van der Waals surface area contributed by atoms with Gasteiger partial charge in [-0.25, -0.2) is 0 Å². The molecular weight excluding hydrogens is 408 g/mol. The Labute approximate surface area is 188 Å². The van der Waals surface area contributed by atoms with Gasteiger partial charge < -0.3 is 4.90 Å². The number of hydrogen-bond donors (Lipinski definition) is 0. The van der Waals surface area contributed by atoms with Gasteiger partial charge in [0, 0.05) is 29.9 Å². The van der Waals surface area contributed by atoms with Gasteiger partial charge in [0.05, 0.1) is 18.3 Å². The molecule has 0 amide bonds. The second kappa shape index (κ2) is 9.08. The predicted octanol–water partition coefficient (Wildman–Crippen LogP) is 4.68. The van der Waals surface area contributed by atoms with Crippen LogP contribution in [0.1, 0.15) is 18.4 Å². The Morgan fingerprint density at radius 2 is 1.77 bits per heavy atom. The summed E-state index contributed by atoms with van der Waals surface area (Å²) in [6.45, 7) is 6.40. The first kappa shape index (κ1) is 21.3. The minimum Gasteiger partial charge on any atom is -0.301 e. The number of pyridine rings is 1. The largest absolute Gasteiger partial charge is 0.301 e. The van der Waals surface area contributed by atoms with E-state index in [1.165, 1.54) is 25.9 Å². The van der Waals surface area contributed by atoms with Crippen LogP contribution in [-0.2, 0) is 6.54 Å². The van der Waals surface area contributed by atoms with Crippen molar-refractivity contribution in [1.29, 1.82) is 0 Å². The topological polar surface area (TPSA) is 43.1 Å². The van der Waals surface area contributed by atoms with Gasteiger partial charge in [0.1, 0.15) is 0 Å². The number of nitrogens with zero attached hydrogens (tertiary/aromatic N) is 4. The molecule has 1 aliphatic heterocycles. The Hall–Kier alpha value is -2.89. The number of rotatable bonds is 5. The molecule has 0 aliphatic carbocycles. The van der Waals surface area contributed by atoms with Gasteiger partial charge in [-0.1, -0.05) is 24.3 Å². The smallest absolute Gasteiger partial charge is 0.255 e. The van der Waals surface area contributed by atoms with Gasteiger partial charge in [-0.15, -0.1) is 12.4 Å². The highest BCUT2D eigenvalue weighted by Crippen LogP contribution is 2.23. The van der Waals surface area contributed by atoms with Gasteiger partial charge in [-0.05, 0) is 73.8 Å². The lowest BCUT2D eigenvalue weighted by Gasteiger charge is -2.14. The summed E-state index contributed by atoms with van der Waals surface area (Å²) in [6, 6.07) is 18.0. The van der Waals surface area contributed by atoms with Crippen LogP contribution >= 0.6 is 12.4 Å². The molecular formula is C25H27ClN4O. The van der Waals surface area contributed by atoms with E-state index in [1.54, 1.807) is 10.6 Å². The minimum absolute atomic E-state index is 0. The number of aryl methyl sites for hydroxylation is 1. The lowest BCUT2D eigenvalue weighted by Crippen LogP contribution is -2.24. The molecule has 0 bridgehead atoms. The molecule has 160 valence electrons. The maximum Gasteiger partial charge on any atom is 0.255 e. The fraction of sp³-hybridized carbons (Fsp3) is 0.280. The summed E-state index contributed by atoms with van der Waals surface area (Å²) in [7, 11) is 0. The highest BCUT2D eigenvalue weighted by atomic mass is 35.5. The second-order valence-electron chi connectivity index (χ2n) is 8.10. The quantitative estimate of drug-likeness (QED) is 0.458. The number of aromatic nitrogens is 3. The Kier molecular flexibility index (Phi) is 6.25. The van der Waals surface area contributed by atoms with E-state index in [4.69, 9.17) is 0 Å². The van der Waals surface area contributed by atoms with Crippen molar-refractivity contribution in [2.75, 3.05) is 19.6 Å². The van der Waals surface area contributed by atoms with Crippen molar-refractivity contribution in [3.63, 3.8) is 0 Å². The summed E-state index contributed by atoms with van der Waals surface area (Å²) in [4.78, 5) is 15.3. The highest BCUT2D eigenvalue weighted by molar-refractivity contribution is 5.85. The Morgan fingerprint density at radius 3 is 2.55 bits per heavy atom. The molecule has 0 saturated carbocycles. The molecule has 5 rings (SSSR count). The SMILES string of the molecule is Cc1ccccc1-c1ccn(-c2ccc3c(cnn3CCN3CCCC3)c2)c(=O)c1.Cl. The third-order valence-electron chi connectivity index (χ3n) is 6.11. The number of hydrogen-bond acceptors (Lipinski definition) is 3. The maximum absolute atomic E-state index is 12.9. The van der Waals surface area contributed by atoms with Gasteiger partial charge in [-0.3, -0.25) is 14.0 Å². The zero-order valence-corrected chi connectivity index (χ0v) is 18.5. The summed E-state index contributed by atoms with van der Waals surface area (Å²) < 4.78 is 3.77. The van der Waals surface area contributed by atoms with Gasteiger partial charge >= 0.3 is 0 Å². The van der Waals surface area contributed by atoms with E-state index >= 15 is 0 Å². The first-order chi connectivity index (χ1) is 14.7. The van der Waals surface area contributed by atoms with Crippen molar-refractivity contribution in [1.82, 2.24) is 19.2 Å². The van der Waals surface area contributed by atoms with Crippen molar-refractivity contribution in [3.05, 3.63) is 82.9 Å². The molecule has 3 heterocycles. The molecule has 2 aromatic heterocycles. The molecule has 1 saturated heterocycles. The average Bonchev–Trinajstić information content (AvgIpc) is 3.42. The maximum atomic E-state index is 12.9. The van der Waals surface area contributed by atoms with Gasteiger partial charge in [0.15, 0.2) is 0 Å². The second-order valence-corrected chi connectivity index (χ2v) is 8.10. The Bertz CT molecular complexity index is 1250. The molecule has 0 radical (unpaired) electrons. The van der Waals surface area contributed by atoms with Crippen molar-refractivity contribution in [2.45, 2.75) is 26.3 Å². The molecule has 31 heavy (non-hydrogen) atoms. The average molecular weight is 435 g/mol. The van der Waals surface area contributed by atoms with Gasteiger partial charge in [0.25, 0.3) is 5.56 Å². The third-order valence-corrected chi connectivity index (χ3v) is 6.11. The standard InChI is InChI=1S/C25H26N4O.ClH/c1-19-6-2-3-7-23(19)20-10-13-28(25(30)17-20)22-8-9-24-21(16-22)18-26-29(24)15-14-27-11-4-5-12-27;/h2-3,6-10,13,16-18H,4-5,11-12,14-15H2,1H3;1H. The number of benzene rings is 2. The number of halogens is 1. The molecule has 0 atom stereocenters. The van der Waals surface area contributed by atoms with Crippen LogP contribution in [-0.4, -0.2) is 38.9 Å². The number of likely N-dealkylation sites (tertiary alicyclic amines) is 1. The van der Waals surface area contributed by atoms with E-state index in [1.807, 2.05) is 42.7 Å². The van der Waals surface area contributed by atoms with E-state index in [9.17, 15) is 4.79 Å². The highest BCUT2D eigenvalue weighted by Gasteiger charge is 2.12. The molecule has 1 fully saturated rings. The predicted molar refractivity (Wildman–Crippen MR) is 128 cm³/mol. The van der Waals surface area contributed by atoms with Crippen LogP contribution in [0.15, 0.2) is 71.8 Å². The molecule has 4 aromatic rings. The fourth-order valence-electron chi connectivity index (χ4n) is 4.40. The van der Waals surface area contributed by atoms with Crippen LogP contribution in [0, 0.1) is 6.92 Å². The third kappa shape index (κ3) is 4.29. The zero-order chi connectivity index (χ0) is 20.5. The lowest BCUT2D eigenvalue weighted by molar-refractivity contribution is 0.318. The number of fused-ring (bicyclic) bond motifs is 1. The molecule has 0 spiro atoms. The fourth-order valence-corrected chi connectivity index (χ4v) is 4.40. The van der Waals surface area contributed by atoms with Crippen LogP contribution in [0.4, 0.5) is 0 Å². The Morgan fingerprint density at radius 1 is 0.968 bits per heavy atom. The summed E-state index contributed by atoms with van der Waals surface area (Å²) >= 11 is 0. The summed E-state index contributed by atoms with van der Waals surface area (Å²) in [6.07, 6.45) is 6.37. The van der Waals surface area contributed by atoms with E-state index in [-0.39, 0.29) is 18.0 Å². The normalized spacial score (nSPS) is 14.1. The van der Waals surface area contributed by atoms with Crippen LogP contribution in [0.25, 0.3) is 27.7 Å². The van der Waals surface area contributed by atoms with Crippen molar-refractivity contribution in [2.24, 2.45) is 0 Å². The van der Waals surface area contributed by atoms with Crippen LogP contribution < -0.4 is 5.56 Å². The van der Waals surface area contributed by atoms with E-state index in [0.717, 1.165) is 46.4 Å². The lowest BCUT2D eigenvalue weighted by atomic mass is 10.0. The molecule has 5 nitrogen and oxygen atoms in total. The van der Waals surface area contributed by atoms with Crippen molar-refractivity contribution < 1.29 is 0 Å². The molecule has 0 unspecified atom stereocenters. The first-order valence-electron chi connectivity index (χ1n) is 10.7. The van der Waals surface area contributed by atoms with Crippen LogP contribution in [0.5, 0.6) is 0 Å². The molecule has 2 aromatic carbocycles. The summed E-state index contributed by atoms with van der Waals surface area (Å²) in [5, 5.41) is 5.64. The first-order valence-corrected chi connectivity index (χ1v) is 10.7. The van der Waals surface area contributed by atoms with Crippen LogP contribution in [0.3, 0.4) is 0 Å². The summed E-state index contributed by atoms with van der Waals surface area (Å²) in [5.41, 5.74) is 5.15. The Balaban J connectivity index is 0.00000231. The molecule has 6 heteroatoms. The van der Waals surface area contributed by atoms with Gasteiger partial charge in [0.2, 0.25) is 0 Å². The van der Waals surface area contributed by atoms with Gasteiger partial charge in [-0.2, -0.15) is 5.10 Å². The minimum atomic E-state index is -0.0310. The van der Waals surface area contributed by atoms with E-state index in [2.05, 4.69) is 39.8 Å². The van der Waals surface area contributed by atoms with Crippen molar-refractivity contribution >= 4 is 23.3 Å². The van der Waals surface area contributed by atoms with Crippen LogP contribution in [0.2, 0.25) is 0 Å². The van der Waals surface area contributed by atoms with E-state index in [0.29, 0.717) is 0 Å². The monoisotopic (exact) mass is 434 g/mol.